The normalized spacial score (nSPS) is 34.5. The van der Waals surface area contributed by atoms with Gasteiger partial charge in [-0.3, -0.25) is 9.69 Å². The van der Waals surface area contributed by atoms with Crippen LogP contribution >= 0.6 is 0 Å². The molecule has 1 heterocycles. The van der Waals surface area contributed by atoms with Crippen molar-refractivity contribution >= 4 is 5.91 Å². The first-order valence-electron chi connectivity index (χ1n) is 5.83. The molecule has 0 spiro atoms. The number of likely N-dealkylation sites (N-methyl/N-ethyl adjacent to an activating group) is 1. The van der Waals surface area contributed by atoms with Crippen LogP contribution in [0, 0.1) is 0 Å². The quantitative estimate of drug-likeness (QED) is 0.668. The lowest BCUT2D eigenvalue weighted by molar-refractivity contribution is -0.136. The molecule has 0 aromatic rings. The first-order chi connectivity index (χ1) is 7.16. The number of piperazine rings is 1. The van der Waals surface area contributed by atoms with E-state index in [0.29, 0.717) is 12.6 Å². The van der Waals surface area contributed by atoms with Crippen LogP contribution in [0.2, 0.25) is 0 Å². The molecule has 86 valence electrons. The van der Waals surface area contributed by atoms with Crippen LogP contribution in [-0.4, -0.2) is 59.6 Å². The van der Waals surface area contributed by atoms with Crippen LogP contribution in [0.1, 0.15) is 25.7 Å². The van der Waals surface area contributed by atoms with Crippen molar-refractivity contribution in [1.29, 1.82) is 0 Å². The predicted molar refractivity (Wildman–Crippen MR) is 57.5 cm³/mol. The molecule has 2 aliphatic rings. The topological polar surface area (TPSA) is 43.8 Å². The monoisotopic (exact) mass is 212 g/mol. The Kier molecular flexibility index (Phi) is 3.26. The van der Waals surface area contributed by atoms with Crippen LogP contribution < -0.4 is 0 Å². The van der Waals surface area contributed by atoms with Crippen molar-refractivity contribution in [2.75, 3.05) is 26.7 Å². The average Bonchev–Trinajstić information content (AvgIpc) is 2.22. The second-order valence-corrected chi connectivity index (χ2v) is 4.76. The molecule has 2 unspecified atom stereocenters. The predicted octanol–water partition coefficient (Wildman–Crippen LogP) is 0.0639. The number of carbonyl (C=O) groups is 1. The molecule has 1 amide bonds. The van der Waals surface area contributed by atoms with Gasteiger partial charge in [0.25, 0.3) is 0 Å². The van der Waals surface area contributed by atoms with E-state index in [-0.39, 0.29) is 12.0 Å². The maximum Gasteiger partial charge on any atom is 0.236 e. The van der Waals surface area contributed by atoms with Gasteiger partial charge in [0, 0.05) is 26.2 Å². The Morgan fingerprint density at radius 3 is 2.80 bits per heavy atom. The van der Waals surface area contributed by atoms with Crippen molar-refractivity contribution in [2.24, 2.45) is 0 Å². The molecule has 1 saturated carbocycles. The minimum absolute atomic E-state index is 0.154. The zero-order valence-electron chi connectivity index (χ0n) is 9.35. The van der Waals surface area contributed by atoms with Crippen molar-refractivity contribution in [1.82, 2.24) is 9.80 Å². The fourth-order valence-electron chi connectivity index (χ4n) is 2.56. The van der Waals surface area contributed by atoms with E-state index in [4.69, 9.17) is 0 Å². The molecule has 2 rings (SSSR count). The highest BCUT2D eigenvalue weighted by atomic mass is 16.3. The van der Waals surface area contributed by atoms with Crippen molar-refractivity contribution < 1.29 is 9.90 Å². The third-order valence-corrected chi connectivity index (χ3v) is 3.62. The van der Waals surface area contributed by atoms with Gasteiger partial charge in [0.1, 0.15) is 0 Å². The first kappa shape index (κ1) is 10.9. The van der Waals surface area contributed by atoms with Gasteiger partial charge in [0.2, 0.25) is 5.91 Å². The van der Waals surface area contributed by atoms with Crippen molar-refractivity contribution in [3.8, 4) is 0 Å². The van der Waals surface area contributed by atoms with Gasteiger partial charge < -0.3 is 10.0 Å². The first-order valence-corrected chi connectivity index (χ1v) is 5.83. The summed E-state index contributed by atoms with van der Waals surface area (Å²) in [5.74, 6) is 0.210. The number of aliphatic hydroxyl groups is 1. The van der Waals surface area contributed by atoms with Crippen LogP contribution in [0.4, 0.5) is 0 Å². The molecule has 1 saturated heterocycles. The molecule has 0 radical (unpaired) electrons. The molecule has 15 heavy (non-hydrogen) atoms. The summed E-state index contributed by atoms with van der Waals surface area (Å²) in [6, 6.07) is 0.423. The fourth-order valence-corrected chi connectivity index (χ4v) is 2.56. The maximum absolute atomic E-state index is 11.6. The van der Waals surface area contributed by atoms with E-state index in [1.165, 1.54) is 0 Å². The molecule has 0 aromatic carbocycles. The van der Waals surface area contributed by atoms with E-state index in [0.717, 1.165) is 38.8 Å². The van der Waals surface area contributed by atoms with Crippen LogP contribution in [0.15, 0.2) is 0 Å². The second kappa shape index (κ2) is 4.49. The van der Waals surface area contributed by atoms with Crippen LogP contribution in [0.3, 0.4) is 0 Å². The second-order valence-electron chi connectivity index (χ2n) is 4.76. The van der Waals surface area contributed by atoms with Gasteiger partial charge in [-0.15, -0.1) is 0 Å². The van der Waals surface area contributed by atoms with Crippen LogP contribution in [-0.2, 0) is 4.79 Å². The van der Waals surface area contributed by atoms with Gasteiger partial charge in [-0.25, -0.2) is 0 Å². The van der Waals surface area contributed by atoms with Gasteiger partial charge in [0.15, 0.2) is 0 Å². The van der Waals surface area contributed by atoms with E-state index >= 15 is 0 Å². The number of amides is 1. The smallest absolute Gasteiger partial charge is 0.236 e. The molecule has 0 aromatic heterocycles. The largest absolute Gasteiger partial charge is 0.393 e. The van der Waals surface area contributed by atoms with Gasteiger partial charge >= 0.3 is 0 Å². The molecule has 1 aliphatic carbocycles. The lowest BCUT2D eigenvalue weighted by Gasteiger charge is -2.40. The molecule has 0 bridgehead atoms. The summed E-state index contributed by atoms with van der Waals surface area (Å²) in [4.78, 5) is 15.6. The van der Waals surface area contributed by atoms with Gasteiger partial charge in [-0.05, 0) is 25.7 Å². The maximum atomic E-state index is 11.6. The van der Waals surface area contributed by atoms with Gasteiger partial charge in [0.05, 0.1) is 12.6 Å². The number of hydrogen-bond donors (Lipinski definition) is 1. The lowest BCUT2D eigenvalue weighted by atomic mass is 9.91. The fraction of sp³-hybridized carbons (Fsp3) is 0.909. The van der Waals surface area contributed by atoms with Crippen molar-refractivity contribution in [3.05, 3.63) is 0 Å². The van der Waals surface area contributed by atoms with E-state index in [1.54, 1.807) is 4.90 Å². The summed E-state index contributed by atoms with van der Waals surface area (Å²) in [5, 5.41) is 9.61. The molecule has 4 nitrogen and oxygen atoms in total. The summed E-state index contributed by atoms with van der Waals surface area (Å²) in [7, 11) is 1.86. The number of rotatable bonds is 1. The van der Waals surface area contributed by atoms with E-state index in [1.807, 2.05) is 7.05 Å². The number of nitrogens with zero attached hydrogens (tertiary/aromatic N) is 2. The van der Waals surface area contributed by atoms with Crippen LogP contribution in [0.5, 0.6) is 0 Å². The molecule has 1 N–H and O–H groups in total. The summed E-state index contributed by atoms with van der Waals surface area (Å²) in [6.45, 7) is 2.32. The minimum atomic E-state index is -0.154. The Morgan fingerprint density at radius 2 is 2.13 bits per heavy atom. The van der Waals surface area contributed by atoms with E-state index in [9.17, 15) is 9.90 Å². The average molecular weight is 212 g/mol. The number of aliphatic hydroxyl groups excluding tert-OH is 1. The summed E-state index contributed by atoms with van der Waals surface area (Å²) in [5.41, 5.74) is 0. The highest BCUT2D eigenvalue weighted by molar-refractivity contribution is 5.78. The number of hydrogen-bond acceptors (Lipinski definition) is 3. The van der Waals surface area contributed by atoms with Crippen molar-refractivity contribution in [3.63, 3.8) is 0 Å². The Labute approximate surface area is 90.9 Å². The summed E-state index contributed by atoms with van der Waals surface area (Å²) < 4.78 is 0. The minimum Gasteiger partial charge on any atom is -0.393 e. The third-order valence-electron chi connectivity index (χ3n) is 3.62. The Hall–Kier alpha value is -0.610. The van der Waals surface area contributed by atoms with Crippen molar-refractivity contribution in [2.45, 2.75) is 37.8 Å². The highest BCUT2D eigenvalue weighted by Crippen LogP contribution is 2.23. The highest BCUT2D eigenvalue weighted by Gasteiger charge is 2.30. The Bertz CT molecular complexity index is 245. The van der Waals surface area contributed by atoms with E-state index in [2.05, 4.69) is 4.90 Å². The molecular formula is C11H20N2O2. The molecule has 4 heteroatoms. The Morgan fingerprint density at radius 1 is 1.33 bits per heavy atom. The lowest BCUT2D eigenvalue weighted by Crippen LogP contribution is -2.53. The molecule has 2 atom stereocenters. The van der Waals surface area contributed by atoms with E-state index < -0.39 is 0 Å². The molecule has 1 aliphatic heterocycles. The zero-order valence-corrected chi connectivity index (χ0v) is 9.35. The summed E-state index contributed by atoms with van der Waals surface area (Å²) in [6.07, 6.45) is 3.84. The standard InChI is InChI=1S/C11H20N2O2/c1-12-5-6-13(8-11(12)15)9-3-2-4-10(14)7-9/h9-10,14H,2-8H2,1H3. The van der Waals surface area contributed by atoms with Crippen LogP contribution in [0.25, 0.3) is 0 Å². The number of carbonyl (C=O) groups excluding carboxylic acids is 1. The molecular weight excluding hydrogens is 192 g/mol. The zero-order chi connectivity index (χ0) is 10.8. The SMILES string of the molecule is CN1CCN(C2CCCC(O)C2)CC1=O. The van der Waals surface area contributed by atoms with Gasteiger partial charge in [-0.2, -0.15) is 0 Å². The summed E-state index contributed by atoms with van der Waals surface area (Å²) >= 11 is 0. The van der Waals surface area contributed by atoms with Gasteiger partial charge in [-0.1, -0.05) is 0 Å². The Balaban J connectivity index is 1.90. The third kappa shape index (κ3) is 2.49. The molecule has 2 fully saturated rings.